The Kier molecular flexibility index (Phi) is 2.87. The fourth-order valence-corrected chi connectivity index (χ4v) is 1.61. The van der Waals surface area contributed by atoms with Gasteiger partial charge in [0.1, 0.15) is 4.60 Å². The van der Waals surface area contributed by atoms with Gasteiger partial charge in [0.15, 0.2) is 6.29 Å². The molecule has 0 saturated carbocycles. The first-order valence-electron chi connectivity index (χ1n) is 4.34. The van der Waals surface area contributed by atoms with Crippen LogP contribution in [0.5, 0.6) is 0 Å². The van der Waals surface area contributed by atoms with Gasteiger partial charge in [-0.1, -0.05) is 6.07 Å². The smallest absolute Gasteiger partial charge is 0.152 e. The lowest BCUT2D eigenvalue weighted by Gasteiger charge is -2.01. The van der Waals surface area contributed by atoms with Crippen molar-refractivity contribution < 1.29 is 4.79 Å². The van der Waals surface area contributed by atoms with Gasteiger partial charge < -0.3 is 0 Å². The molecule has 0 spiro atoms. The summed E-state index contributed by atoms with van der Waals surface area (Å²) in [5, 5.41) is 0. The molecule has 0 aliphatic heterocycles. The van der Waals surface area contributed by atoms with Crippen LogP contribution in [0.3, 0.4) is 0 Å². The number of rotatable bonds is 2. The van der Waals surface area contributed by atoms with Gasteiger partial charge in [0, 0.05) is 11.8 Å². The fourth-order valence-electron chi connectivity index (χ4n) is 1.19. The van der Waals surface area contributed by atoms with Crippen molar-refractivity contribution in [3.8, 4) is 11.4 Å². The molecular formula is C11H7BrN2O. The second-order valence-corrected chi connectivity index (χ2v) is 3.66. The minimum Gasteiger partial charge on any atom is -0.298 e. The first-order valence-corrected chi connectivity index (χ1v) is 5.13. The number of hydrogen-bond acceptors (Lipinski definition) is 3. The SMILES string of the molecule is O=Cc1ccc(-c2ccccn2)nc1Br. The van der Waals surface area contributed by atoms with Gasteiger partial charge in [0.2, 0.25) is 0 Å². The Morgan fingerprint density at radius 1 is 1.13 bits per heavy atom. The third-order valence-electron chi connectivity index (χ3n) is 1.93. The topological polar surface area (TPSA) is 42.9 Å². The maximum atomic E-state index is 10.6. The van der Waals surface area contributed by atoms with Gasteiger partial charge in [-0.05, 0) is 40.2 Å². The highest BCUT2D eigenvalue weighted by molar-refractivity contribution is 9.10. The lowest BCUT2D eigenvalue weighted by Crippen LogP contribution is -1.91. The number of hydrogen-bond donors (Lipinski definition) is 0. The monoisotopic (exact) mass is 262 g/mol. The van der Waals surface area contributed by atoms with Gasteiger partial charge in [-0.2, -0.15) is 0 Å². The Labute approximate surface area is 95.3 Å². The summed E-state index contributed by atoms with van der Waals surface area (Å²) in [4.78, 5) is 19.0. The van der Waals surface area contributed by atoms with Crippen molar-refractivity contribution >= 4 is 22.2 Å². The van der Waals surface area contributed by atoms with Crippen LogP contribution in [0.15, 0.2) is 41.1 Å². The van der Waals surface area contributed by atoms with E-state index >= 15 is 0 Å². The summed E-state index contributed by atoms with van der Waals surface area (Å²) < 4.78 is 0.542. The summed E-state index contributed by atoms with van der Waals surface area (Å²) in [7, 11) is 0. The number of nitrogens with zero attached hydrogens (tertiary/aromatic N) is 2. The van der Waals surface area contributed by atoms with Gasteiger partial charge in [0.25, 0.3) is 0 Å². The van der Waals surface area contributed by atoms with Crippen molar-refractivity contribution in [3.63, 3.8) is 0 Å². The van der Waals surface area contributed by atoms with Gasteiger partial charge in [-0.3, -0.25) is 9.78 Å². The van der Waals surface area contributed by atoms with Crippen molar-refractivity contribution in [2.24, 2.45) is 0 Å². The third kappa shape index (κ3) is 2.10. The summed E-state index contributed by atoms with van der Waals surface area (Å²) in [6.07, 6.45) is 2.47. The molecule has 15 heavy (non-hydrogen) atoms. The molecule has 0 atom stereocenters. The molecule has 2 rings (SSSR count). The molecule has 0 saturated heterocycles. The van der Waals surface area contributed by atoms with Gasteiger partial charge in [-0.25, -0.2) is 4.98 Å². The van der Waals surface area contributed by atoms with E-state index in [1.165, 1.54) is 0 Å². The second-order valence-electron chi connectivity index (χ2n) is 2.91. The standard InChI is InChI=1S/C11H7BrN2O/c12-11-8(7-15)4-5-10(14-11)9-3-1-2-6-13-9/h1-7H. The molecule has 2 aromatic heterocycles. The van der Waals surface area contributed by atoms with Crippen molar-refractivity contribution in [1.82, 2.24) is 9.97 Å². The van der Waals surface area contributed by atoms with E-state index in [0.717, 1.165) is 17.7 Å². The van der Waals surface area contributed by atoms with E-state index in [1.54, 1.807) is 18.3 Å². The average Bonchev–Trinajstić information content (AvgIpc) is 2.30. The number of aromatic nitrogens is 2. The van der Waals surface area contributed by atoms with E-state index in [0.29, 0.717) is 10.2 Å². The normalized spacial score (nSPS) is 9.93. The molecule has 0 unspecified atom stereocenters. The average molecular weight is 263 g/mol. The van der Waals surface area contributed by atoms with Crippen LogP contribution in [-0.2, 0) is 0 Å². The molecule has 4 heteroatoms. The zero-order chi connectivity index (χ0) is 10.7. The maximum Gasteiger partial charge on any atom is 0.152 e. The Morgan fingerprint density at radius 2 is 2.00 bits per heavy atom. The summed E-state index contributed by atoms with van der Waals surface area (Å²) in [5.41, 5.74) is 2.07. The molecule has 3 nitrogen and oxygen atoms in total. The Morgan fingerprint density at radius 3 is 2.60 bits per heavy atom. The molecule has 0 aromatic carbocycles. The van der Waals surface area contributed by atoms with Crippen molar-refractivity contribution in [3.05, 3.63) is 46.7 Å². The van der Waals surface area contributed by atoms with E-state index < -0.39 is 0 Å². The number of carbonyl (C=O) groups excluding carboxylic acids is 1. The van der Waals surface area contributed by atoms with Gasteiger partial charge >= 0.3 is 0 Å². The van der Waals surface area contributed by atoms with E-state index in [4.69, 9.17) is 0 Å². The van der Waals surface area contributed by atoms with Crippen molar-refractivity contribution in [2.75, 3.05) is 0 Å². The van der Waals surface area contributed by atoms with Crippen molar-refractivity contribution in [2.45, 2.75) is 0 Å². The first-order chi connectivity index (χ1) is 7.31. The Hall–Kier alpha value is -1.55. The summed E-state index contributed by atoms with van der Waals surface area (Å²) >= 11 is 3.23. The molecule has 2 heterocycles. The van der Waals surface area contributed by atoms with Crippen LogP contribution >= 0.6 is 15.9 Å². The third-order valence-corrected chi connectivity index (χ3v) is 2.57. The first kappa shape index (κ1) is 9.98. The van der Waals surface area contributed by atoms with Crippen LogP contribution < -0.4 is 0 Å². The number of pyridine rings is 2. The van der Waals surface area contributed by atoms with E-state index in [9.17, 15) is 4.79 Å². The molecule has 0 N–H and O–H groups in total. The zero-order valence-corrected chi connectivity index (χ0v) is 9.31. The van der Waals surface area contributed by atoms with Crippen LogP contribution in [0, 0.1) is 0 Å². The maximum absolute atomic E-state index is 10.6. The molecule has 0 amide bonds. The van der Waals surface area contributed by atoms with Crippen molar-refractivity contribution in [1.29, 1.82) is 0 Å². The van der Waals surface area contributed by atoms with Crippen LogP contribution in [0.4, 0.5) is 0 Å². The van der Waals surface area contributed by atoms with Crippen LogP contribution in [-0.4, -0.2) is 16.3 Å². The molecule has 74 valence electrons. The summed E-state index contributed by atoms with van der Waals surface area (Å²) in [6, 6.07) is 9.10. The number of carbonyl (C=O) groups is 1. The lowest BCUT2D eigenvalue weighted by molar-refractivity contribution is 0.112. The summed E-state index contributed by atoms with van der Waals surface area (Å²) in [6.45, 7) is 0. The predicted molar refractivity (Wildman–Crippen MR) is 60.6 cm³/mol. The highest BCUT2D eigenvalue weighted by Gasteiger charge is 2.04. The molecule has 0 fully saturated rings. The van der Waals surface area contributed by atoms with Crippen LogP contribution in [0.25, 0.3) is 11.4 Å². The zero-order valence-electron chi connectivity index (χ0n) is 7.72. The largest absolute Gasteiger partial charge is 0.298 e. The predicted octanol–water partition coefficient (Wildman–Crippen LogP) is 2.72. The molecule has 0 bridgehead atoms. The quantitative estimate of drug-likeness (QED) is 0.618. The fraction of sp³-hybridized carbons (Fsp3) is 0. The van der Waals surface area contributed by atoms with Gasteiger partial charge in [-0.15, -0.1) is 0 Å². The molecule has 2 aromatic rings. The second kappa shape index (κ2) is 4.31. The Balaban J connectivity index is 2.47. The van der Waals surface area contributed by atoms with E-state index in [2.05, 4.69) is 25.9 Å². The van der Waals surface area contributed by atoms with E-state index in [-0.39, 0.29) is 0 Å². The highest BCUT2D eigenvalue weighted by Crippen LogP contribution is 2.19. The molecule has 0 aliphatic carbocycles. The van der Waals surface area contributed by atoms with Crippen LogP contribution in [0.1, 0.15) is 10.4 Å². The number of aldehydes is 1. The molecular weight excluding hydrogens is 256 g/mol. The molecule has 0 aliphatic rings. The van der Waals surface area contributed by atoms with E-state index in [1.807, 2.05) is 18.2 Å². The highest BCUT2D eigenvalue weighted by atomic mass is 79.9. The lowest BCUT2D eigenvalue weighted by atomic mass is 10.2. The number of halogens is 1. The molecule has 0 radical (unpaired) electrons. The summed E-state index contributed by atoms with van der Waals surface area (Å²) in [5.74, 6) is 0. The minimum atomic E-state index is 0.537. The van der Waals surface area contributed by atoms with Crippen LogP contribution in [0.2, 0.25) is 0 Å². The van der Waals surface area contributed by atoms with Gasteiger partial charge in [0.05, 0.1) is 11.4 Å². The minimum absolute atomic E-state index is 0.537. The Bertz CT molecular complexity index is 485.